The Bertz CT molecular complexity index is 1940. The molecule has 50 heavy (non-hydrogen) atoms. The summed E-state index contributed by atoms with van der Waals surface area (Å²) in [6, 6.07) is 44.7. The van der Waals surface area contributed by atoms with Gasteiger partial charge in [0, 0.05) is 18.7 Å². The van der Waals surface area contributed by atoms with E-state index in [1.54, 1.807) is 30.3 Å². The number of amides is 1. The first-order valence-corrected chi connectivity index (χ1v) is 19.1. The number of halogens is 1. The van der Waals surface area contributed by atoms with Gasteiger partial charge in [0.2, 0.25) is 0 Å². The zero-order valence-corrected chi connectivity index (χ0v) is 30.7. The molecule has 1 heterocycles. The van der Waals surface area contributed by atoms with Crippen molar-refractivity contribution >= 4 is 50.6 Å². The number of nitrogens with one attached hydrogen (secondary N) is 1. The maximum atomic E-state index is 12.6. The van der Waals surface area contributed by atoms with Gasteiger partial charge in [0.15, 0.2) is 23.1 Å². The average molecular weight is 767 g/mol. The Morgan fingerprint density at radius 1 is 0.780 bits per heavy atom. The van der Waals surface area contributed by atoms with Crippen LogP contribution in [0.25, 0.3) is 10.2 Å². The van der Waals surface area contributed by atoms with Crippen LogP contribution in [-0.4, -0.2) is 35.3 Å². The molecule has 6 aromatic rings. The van der Waals surface area contributed by atoms with E-state index < -0.39 is 7.26 Å². The van der Waals surface area contributed by atoms with Crippen molar-refractivity contribution in [1.29, 1.82) is 5.26 Å². The Morgan fingerprint density at radius 2 is 1.38 bits per heavy atom. The van der Waals surface area contributed by atoms with Crippen LogP contribution in [0.5, 0.6) is 23.0 Å². The van der Waals surface area contributed by atoms with Crippen LogP contribution in [0.2, 0.25) is 0 Å². The minimum absolute atomic E-state index is 0. The fourth-order valence-electron chi connectivity index (χ4n) is 5.95. The number of aromatic nitrogens is 1. The fourth-order valence-corrected chi connectivity index (χ4v) is 11.1. The van der Waals surface area contributed by atoms with Gasteiger partial charge in [-0.15, -0.1) is 11.3 Å². The standard InChI is InChI=1S/C40H36N3O4PS.BrH/c41-28-40-43-35-22-20-31(27-38(35)49-40)47-37-26-30(21-23-36(37)44)46-29-39(45)42-24-12-1-2-13-25-48(32-14-6-3-7-15-32,33-16-8-4-9-17-33)34-18-10-5-11-19-34;/h3-11,14-23,26-27H,1-2,12-13,24-25,29H2,(H-,42,44,45);1H. The molecule has 0 bridgehead atoms. The lowest BCUT2D eigenvalue weighted by molar-refractivity contribution is -0.123. The predicted octanol–water partition coefficient (Wildman–Crippen LogP) is 4.72. The zero-order valence-electron chi connectivity index (χ0n) is 27.4. The molecule has 0 spiro atoms. The van der Waals surface area contributed by atoms with Gasteiger partial charge in [-0.3, -0.25) is 4.79 Å². The summed E-state index contributed by atoms with van der Waals surface area (Å²) in [6.07, 6.45) is 5.16. The largest absolute Gasteiger partial charge is 1.00 e. The lowest BCUT2D eigenvalue weighted by Crippen LogP contribution is -3.00. The zero-order chi connectivity index (χ0) is 33.9. The molecule has 0 atom stereocenters. The fraction of sp³-hybridized carbons (Fsp3) is 0.175. The number of carbonyl (C=O) groups excluding carboxylic acids is 1. The van der Waals surface area contributed by atoms with Crippen LogP contribution in [0.4, 0.5) is 0 Å². The van der Waals surface area contributed by atoms with Crippen molar-refractivity contribution in [3.63, 3.8) is 0 Å². The molecule has 2 N–H and O–H groups in total. The van der Waals surface area contributed by atoms with Gasteiger partial charge in [-0.25, -0.2) is 4.98 Å². The summed E-state index contributed by atoms with van der Waals surface area (Å²) in [5.41, 5.74) is 0.707. The smallest absolute Gasteiger partial charge is 0.257 e. The number of benzene rings is 5. The number of nitriles is 1. The highest BCUT2D eigenvalue weighted by molar-refractivity contribution is 7.95. The summed E-state index contributed by atoms with van der Waals surface area (Å²) >= 11 is 1.27. The first-order valence-electron chi connectivity index (χ1n) is 16.3. The van der Waals surface area contributed by atoms with Crippen molar-refractivity contribution in [3.05, 3.63) is 132 Å². The van der Waals surface area contributed by atoms with Crippen LogP contribution in [-0.2, 0) is 4.79 Å². The Kier molecular flexibility index (Phi) is 13.0. The minimum atomic E-state index is -1.82. The second kappa shape index (κ2) is 17.8. The van der Waals surface area contributed by atoms with Crippen molar-refractivity contribution in [2.24, 2.45) is 0 Å². The minimum Gasteiger partial charge on any atom is -1.00 e. The Balaban J connectivity index is 0.00000486. The molecule has 0 unspecified atom stereocenters. The molecule has 7 nitrogen and oxygen atoms in total. The van der Waals surface area contributed by atoms with E-state index in [-0.39, 0.29) is 41.0 Å². The van der Waals surface area contributed by atoms with Crippen molar-refractivity contribution < 1.29 is 36.4 Å². The molecule has 254 valence electrons. The quantitative estimate of drug-likeness (QED) is 0.116. The lowest BCUT2D eigenvalue weighted by Gasteiger charge is -2.27. The number of rotatable bonds is 15. The Morgan fingerprint density at radius 3 is 2.00 bits per heavy atom. The first-order chi connectivity index (χ1) is 24.0. The van der Waals surface area contributed by atoms with E-state index in [0.717, 1.165) is 36.5 Å². The number of aromatic hydroxyl groups is 1. The summed E-state index contributed by atoms with van der Waals surface area (Å²) in [5, 5.41) is 27.0. The number of hydrogen-bond donors (Lipinski definition) is 2. The van der Waals surface area contributed by atoms with E-state index in [4.69, 9.17) is 14.7 Å². The van der Waals surface area contributed by atoms with E-state index in [2.05, 4.69) is 101 Å². The summed E-state index contributed by atoms with van der Waals surface area (Å²) in [5.74, 6) is 0.811. The van der Waals surface area contributed by atoms with Gasteiger partial charge in [-0.05, 0) is 79.9 Å². The number of thiazole rings is 1. The SMILES string of the molecule is N#Cc1nc2ccc(Oc3cc(OCC(=O)NCCCCCC[P+](c4ccccc4)(c4ccccc4)c4ccccc4)ccc3O)cc2s1.[Br-]. The predicted molar refractivity (Wildman–Crippen MR) is 200 cm³/mol. The van der Waals surface area contributed by atoms with Crippen LogP contribution in [0.3, 0.4) is 0 Å². The highest BCUT2D eigenvalue weighted by Crippen LogP contribution is 2.56. The van der Waals surface area contributed by atoms with Crippen molar-refractivity contribution in [1.82, 2.24) is 10.3 Å². The number of ether oxygens (including phenoxy) is 2. The molecule has 5 aromatic carbocycles. The molecule has 6 rings (SSSR count). The molecule has 0 saturated carbocycles. The molecule has 0 saturated heterocycles. The second-order valence-electron chi connectivity index (χ2n) is 11.6. The number of hydrogen-bond acceptors (Lipinski definition) is 7. The number of unbranched alkanes of at least 4 members (excludes halogenated alkanes) is 3. The maximum Gasteiger partial charge on any atom is 0.257 e. The summed E-state index contributed by atoms with van der Waals surface area (Å²) in [6.45, 7) is 0.433. The number of fused-ring (bicyclic) bond motifs is 1. The third-order valence-electron chi connectivity index (χ3n) is 8.32. The van der Waals surface area contributed by atoms with E-state index in [1.165, 1.54) is 33.3 Å². The van der Waals surface area contributed by atoms with E-state index >= 15 is 0 Å². The van der Waals surface area contributed by atoms with Gasteiger partial charge in [0.1, 0.15) is 40.7 Å². The normalized spacial score (nSPS) is 10.9. The van der Waals surface area contributed by atoms with Gasteiger partial charge in [0.25, 0.3) is 5.91 Å². The van der Waals surface area contributed by atoms with E-state index in [0.29, 0.717) is 28.6 Å². The van der Waals surface area contributed by atoms with Gasteiger partial charge in [-0.1, -0.05) is 61.0 Å². The summed E-state index contributed by atoms with van der Waals surface area (Å²) < 4.78 is 12.4. The summed E-state index contributed by atoms with van der Waals surface area (Å²) in [7, 11) is -1.82. The number of carbonyl (C=O) groups is 1. The Labute approximate surface area is 307 Å². The van der Waals surface area contributed by atoms with Crippen molar-refractivity contribution in [3.8, 4) is 29.1 Å². The monoisotopic (exact) mass is 765 g/mol. The lowest BCUT2D eigenvalue weighted by atomic mass is 10.2. The third-order valence-corrected chi connectivity index (χ3v) is 13.8. The van der Waals surface area contributed by atoms with Crippen LogP contribution >= 0.6 is 18.6 Å². The van der Waals surface area contributed by atoms with Crippen LogP contribution < -0.4 is 47.7 Å². The molecular formula is C40H37BrN3O4PS. The first kappa shape index (κ1) is 36.5. The van der Waals surface area contributed by atoms with Crippen molar-refractivity contribution in [2.45, 2.75) is 25.7 Å². The highest BCUT2D eigenvalue weighted by Gasteiger charge is 2.44. The second-order valence-corrected chi connectivity index (χ2v) is 16.2. The summed E-state index contributed by atoms with van der Waals surface area (Å²) in [4.78, 5) is 16.8. The molecular weight excluding hydrogens is 729 g/mol. The average Bonchev–Trinajstić information content (AvgIpc) is 3.57. The molecule has 0 aliphatic heterocycles. The van der Waals surface area contributed by atoms with Gasteiger partial charge >= 0.3 is 0 Å². The maximum absolute atomic E-state index is 12.6. The molecule has 1 amide bonds. The van der Waals surface area contributed by atoms with Crippen LogP contribution in [0, 0.1) is 11.3 Å². The molecule has 1 aromatic heterocycles. The van der Waals surface area contributed by atoms with Crippen LogP contribution in [0.1, 0.15) is 30.7 Å². The molecule has 0 radical (unpaired) electrons. The van der Waals surface area contributed by atoms with Crippen molar-refractivity contribution in [2.75, 3.05) is 19.3 Å². The topological polar surface area (TPSA) is 104 Å². The number of phenols is 1. The van der Waals surface area contributed by atoms with E-state index in [9.17, 15) is 9.90 Å². The van der Waals surface area contributed by atoms with Gasteiger partial charge < -0.3 is 36.9 Å². The molecule has 10 heteroatoms. The molecule has 0 aliphatic carbocycles. The van der Waals surface area contributed by atoms with Gasteiger partial charge in [0.05, 0.1) is 16.4 Å². The number of nitrogens with zero attached hydrogens (tertiary/aromatic N) is 2. The highest BCUT2D eigenvalue weighted by atomic mass is 79.9. The molecule has 0 aliphatic rings. The van der Waals surface area contributed by atoms with Gasteiger partial charge in [-0.2, -0.15) is 5.26 Å². The number of phenolic OH excluding ortho intramolecular Hbond substituents is 1. The molecule has 0 fully saturated rings. The van der Waals surface area contributed by atoms with E-state index in [1.807, 2.05) is 6.07 Å². The third kappa shape index (κ3) is 8.88. The van der Waals surface area contributed by atoms with Crippen LogP contribution in [0.15, 0.2) is 127 Å². The Hall–Kier alpha value is -4.74.